The summed E-state index contributed by atoms with van der Waals surface area (Å²) < 4.78 is 0. The largest absolute Gasteiger partial charge is 0.481 e. The van der Waals surface area contributed by atoms with Gasteiger partial charge in [-0.15, -0.1) is 11.3 Å². The quantitative estimate of drug-likeness (QED) is 0.874. The van der Waals surface area contributed by atoms with Gasteiger partial charge in [0.2, 0.25) is 0 Å². The summed E-state index contributed by atoms with van der Waals surface area (Å²) in [7, 11) is 0. The number of nitrogens with zero attached hydrogens (tertiary/aromatic N) is 2. The van der Waals surface area contributed by atoms with Gasteiger partial charge >= 0.3 is 5.97 Å². The summed E-state index contributed by atoms with van der Waals surface area (Å²) in [6, 6.07) is 0.190. The Morgan fingerprint density at radius 1 is 1.62 bits per heavy atom. The highest BCUT2D eigenvalue weighted by Gasteiger charge is 2.24. The number of carboxylic acid groups (broad SMARTS) is 1. The Kier molecular flexibility index (Phi) is 3.90. The molecule has 1 aliphatic heterocycles. The minimum absolute atomic E-state index is 0.190. The molecule has 1 atom stereocenters. The molecule has 0 aliphatic carbocycles. The van der Waals surface area contributed by atoms with E-state index in [4.69, 9.17) is 5.11 Å². The molecule has 0 bridgehead atoms. The Morgan fingerprint density at radius 2 is 2.50 bits per heavy atom. The second kappa shape index (κ2) is 5.41. The lowest BCUT2D eigenvalue weighted by Gasteiger charge is -2.34. The van der Waals surface area contributed by atoms with Crippen molar-refractivity contribution in [2.24, 2.45) is 0 Å². The highest BCUT2D eigenvalue weighted by atomic mass is 32.1. The van der Waals surface area contributed by atoms with Crippen molar-refractivity contribution in [1.29, 1.82) is 0 Å². The molecular weight excluding hydrogens is 224 g/mol. The maximum absolute atomic E-state index is 10.8. The second-order valence-electron chi connectivity index (χ2n) is 4.14. The Morgan fingerprint density at radius 3 is 3.19 bits per heavy atom. The second-order valence-corrected chi connectivity index (χ2v) is 5.12. The Balaban J connectivity index is 1.96. The van der Waals surface area contributed by atoms with Crippen molar-refractivity contribution in [3.05, 3.63) is 16.6 Å². The molecule has 5 heteroatoms. The van der Waals surface area contributed by atoms with E-state index in [1.54, 1.807) is 17.5 Å². The highest BCUT2D eigenvalue weighted by Crippen LogP contribution is 2.22. The molecule has 4 nitrogen and oxygen atoms in total. The maximum Gasteiger partial charge on any atom is 0.304 e. The monoisotopic (exact) mass is 240 g/mol. The number of thiazole rings is 1. The maximum atomic E-state index is 10.8. The standard InChI is InChI=1S/C11H16N2O2S/c14-11(15)7-9-3-1-2-5-13(9)8-10-12-4-6-16-10/h4,6,9H,1-3,5,7-8H2,(H,14,15). The first-order chi connectivity index (χ1) is 7.75. The van der Waals surface area contributed by atoms with Gasteiger partial charge in [-0.2, -0.15) is 0 Å². The van der Waals surface area contributed by atoms with E-state index in [0.29, 0.717) is 0 Å². The number of carboxylic acids is 1. The summed E-state index contributed by atoms with van der Waals surface area (Å²) in [5, 5.41) is 11.9. The molecular formula is C11H16N2O2S. The summed E-state index contributed by atoms with van der Waals surface area (Å²) in [4.78, 5) is 17.3. The molecule has 1 unspecified atom stereocenters. The molecule has 2 rings (SSSR count). The van der Waals surface area contributed by atoms with Crippen LogP contribution in [0.5, 0.6) is 0 Å². The zero-order valence-electron chi connectivity index (χ0n) is 9.13. The van der Waals surface area contributed by atoms with Crippen molar-refractivity contribution in [2.45, 2.75) is 38.3 Å². The number of piperidine rings is 1. The fraction of sp³-hybridized carbons (Fsp3) is 0.636. The van der Waals surface area contributed by atoms with Crippen molar-refractivity contribution in [1.82, 2.24) is 9.88 Å². The van der Waals surface area contributed by atoms with Gasteiger partial charge < -0.3 is 5.11 Å². The van der Waals surface area contributed by atoms with Crippen LogP contribution in [0.1, 0.15) is 30.7 Å². The minimum atomic E-state index is -0.698. The zero-order chi connectivity index (χ0) is 11.4. The van der Waals surface area contributed by atoms with E-state index in [0.717, 1.165) is 30.9 Å². The summed E-state index contributed by atoms with van der Waals surface area (Å²) in [5.41, 5.74) is 0. The lowest BCUT2D eigenvalue weighted by molar-refractivity contribution is -0.138. The molecule has 1 aromatic heterocycles. The summed E-state index contributed by atoms with van der Waals surface area (Å²) in [6.45, 7) is 1.80. The zero-order valence-corrected chi connectivity index (χ0v) is 9.95. The molecule has 1 saturated heterocycles. The third-order valence-corrected chi connectivity index (χ3v) is 3.75. The van der Waals surface area contributed by atoms with Crippen LogP contribution in [-0.4, -0.2) is 33.5 Å². The van der Waals surface area contributed by atoms with Crippen molar-refractivity contribution in [2.75, 3.05) is 6.54 Å². The first-order valence-electron chi connectivity index (χ1n) is 5.60. The van der Waals surface area contributed by atoms with Gasteiger partial charge in [-0.25, -0.2) is 4.98 Å². The normalized spacial score (nSPS) is 22.1. The van der Waals surface area contributed by atoms with Gasteiger partial charge in [-0.3, -0.25) is 9.69 Å². The molecule has 0 saturated carbocycles. The van der Waals surface area contributed by atoms with Gasteiger partial charge in [-0.1, -0.05) is 6.42 Å². The van der Waals surface area contributed by atoms with Crippen molar-refractivity contribution >= 4 is 17.3 Å². The van der Waals surface area contributed by atoms with Crippen molar-refractivity contribution in [3.63, 3.8) is 0 Å². The predicted octanol–water partition coefficient (Wildman–Crippen LogP) is 1.97. The van der Waals surface area contributed by atoms with Crippen molar-refractivity contribution < 1.29 is 9.90 Å². The highest BCUT2D eigenvalue weighted by molar-refractivity contribution is 7.09. The number of likely N-dealkylation sites (tertiary alicyclic amines) is 1. The molecule has 16 heavy (non-hydrogen) atoms. The van der Waals surface area contributed by atoms with Gasteiger partial charge in [0.1, 0.15) is 5.01 Å². The Hall–Kier alpha value is -0.940. The van der Waals surface area contributed by atoms with Crippen LogP contribution < -0.4 is 0 Å². The number of hydrogen-bond donors (Lipinski definition) is 1. The average molecular weight is 240 g/mol. The average Bonchev–Trinajstić information content (AvgIpc) is 2.73. The van der Waals surface area contributed by atoms with Crippen LogP contribution in [0.25, 0.3) is 0 Å². The molecule has 1 fully saturated rings. The number of hydrogen-bond acceptors (Lipinski definition) is 4. The fourth-order valence-electron chi connectivity index (χ4n) is 2.21. The topological polar surface area (TPSA) is 53.4 Å². The summed E-state index contributed by atoms with van der Waals surface area (Å²) in [5.74, 6) is -0.698. The van der Waals surface area contributed by atoms with E-state index in [9.17, 15) is 4.79 Å². The molecule has 88 valence electrons. The van der Waals surface area contributed by atoms with Gasteiger partial charge in [0.15, 0.2) is 0 Å². The van der Waals surface area contributed by atoms with Crippen molar-refractivity contribution in [3.8, 4) is 0 Å². The SMILES string of the molecule is O=C(O)CC1CCCCN1Cc1nccs1. The minimum Gasteiger partial charge on any atom is -0.481 e. The van der Waals surface area contributed by atoms with Crippen LogP contribution in [0.15, 0.2) is 11.6 Å². The molecule has 0 radical (unpaired) electrons. The number of aliphatic carboxylic acids is 1. The third kappa shape index (κ3) is 3.02. The molecule has 1 aliphatic rings. The van der Waals surface area contributed by atoms with E-state index in [1.807, 2.05) is 5.38 Å². The van der Waals surface area contributed by atoms with Crippen LogP contribution in [0.2, 0.25) is 0 Å². The Bertz CT molecular complexity index is 340. The molecule has 0 amide bonds. The first-order valence-corrected chi connectivity index (χ1v) is 6.48. The van der Waals surface area contributed by atoms with E-state index in [-0.39, 0.29) is 12.5 Å². The lowest BCUT2D eigenvalue weighted by atomic mass is 9.99. The predicted molar refractivity (Wildman–Crippen MR) is 62.4 cm³/mol. The fourth-order valence-corrected chi connectivity index (χ4v) is 2.85. The molecule has 0 spiro atoms. The van der Waals surface area contributed by atoms with Crippen LogP contribution in [0.4, 0.5) is 0 Å². The van der Waals surface area contributed by atoms with E-state index in [2.05, 4.69) is 9.88 Å². The summed E-state index contributed by atoms with van der Waals surface area (Å²) in [6.07, 6.45) is 5.37. The first kappa shape index (κ1) is 11.5. The van der Waals surface area contributed by atoms with E-state index in [1.165, 1.54) is 6.42 Å². The number of aromatic nitrogens is 1. The van der Waals surface area contributed by atoms with E-state index < -0.39 is 5.97 Å². The molecule has 1 aromatic rings. The smallest absolute Gasteiger partial charge is 0.304 e. The van der Waals surface area contributed by atoms with Gasteiger partial charge in [0, 0.05) is 17.6 Å². The van der Waals surface area contributed by atoms with Gasteiger partial charge in [0.25, 0.3) is 0 Å². The molecule has 0 aromatic carbocycles. The van der Waals surface area contributed by atoms with Crippen LogP contribution in [0, 0.1) is 0 Å². The number of rotatable bonds is 4. The van der Waals surface area contributed by atoms with Crippen LogP contribution >= 0.6 is 11.3 Å². The summed E-state index contributed by atoms with van der Waals surface area (Å²) >= 11 is 1.64. The van der Waals surface area contributed by atoms with Crippen LogP contribution in [0.3, 0.4) is 0 Å². The molecule has 1 N–H and O–H groups in total. The van der Waals surface area contributed by atoms with Gasteiger partial charge in [0.05, 0.1) is 13.0 Å². The van der Waals surface area contributed by atoms with Gasteiger partial charge in [-0.05, 0) is 19.4 Å². The number of carbonyl (C=O) groups is 1. The van der Waals surface area contributed by atoms with Crippen LogP contribution in [-0.2, 0) is 11.3 Å². The lowest BCUT2D eigenvalue weighted by Crippen LogP contribution is -2.40. The Labute approximate surface area is 98.9 Å². The molecule has 2 heterocycles. The van der Waals surface area contributed by atoms with E-state index >= 15 is 0 Å². The third-order valence-electron chi connectivity index (χ3n) is 2.98.